The highest BCUT2D eigenvalue weighted by atomic mass is 35.5. The van der Waals surface area contributed by atoms with E-state index in [0.29, 0.717) is 30.0 Å². The van der Waals surface area contributed by atoms with Gasteiger partial charge < -0.3 is 10.6 Å². The summed E-state index contributed by atoms with van der Waals surface area (Å²) in [6, 6.07) is 6.88. The second kappa shape index (κ2) is 8.80. The van der Waals surface area contributed by atoms with Gasteiger partial charge in [-0.1, -0.05) is 19.1 Å². The maximum atomic E-state index is 12.0. The molecule has 1 atom stereocenters. The van der Waals surface area contributed by atoms with Crippen LogP contribution < -0.4 is 10.6 Å². The smallest absolute Gasteiger partial charge is 0.251 e. The van der Waals surface area contributed by atoms with Crippen LogP contribution in [0.2, 0.25) is 0 Å². The lowest BCUT2D eigenvalue weighted by Crippen LogP contribution is -2.26. The third-order valence-electron chi connectivity index (χ3n) is 3.79. The molecular formula is C16H23ClN2O2. The van der Waals surface area contributed by atoms with Gasteiger partial charge in [0.15, 0.2) is 5.78 Å². The molecule has 0 aliphatic carbocycles. The van der Waals surface area contributed by atoms with E-state index in [0.717, 1.165) is 19.5 Å². The van der Waals surface area contributed by atoms with Crippen LogP contribution in [0, 0.1) is 5.92 Å². The second-order valence-corrected chi connectivity index (χ2v) is 5.26. The van der Waals surface area contributed by atoms with E-state index in [2.05, 4.69) is 10.6 Å². The lowest BCUT2D eigenvalue weighted by Gasteiger charge is -2.09. The normalized spacial score (nSPS) is 17.1. The Labute approximate surface area is 132 Å². The molecule has 4 nitrogen and oxygen atoms in total. The van der Waals surface area contributed by atoms with Crippen molar-refractivity contribution in [2.45, 2.75) is 26.2 Å². The minimum atomic E-state index is -0.0635. The van der Waals surface area contributed by atoms with Gasteiger partial charge in [0, 0.05) is 24.1 Å². The highest BCUT2D eigenvalue weighted by Gasteiger charge is 2.14. The summed E-state index contributed by atoms with van der Waals surface area (Å²) < 4.78 is 0. The van der Waals surface area contributed by atoms with Crippen molar-refractivity contribution in [3.05, 3.63) is 35.4 Å². The second-order valence-electron chi connectivity index (χ2n) is 5.26. The number of nitrogens with one attached hydrogen (secondary N) is 2. The molecule has 1 heterocycles. The highest BCUT2D eigenvalue weighted by molar-refractivity contribution is 5.98. The number of rotatable bonds is 6. The third kappa shape index (κ3) is 5.14. The van der Waals surface area contributed by atoms with Gasteiger partial charge in [0.1, 0.15) is 0 Å². The summed E-state index contributed by atoms with van der Waals surface area (Å²) in [7, 11) is 0. The van der Waals surface area contributed by atoms with Crippen LogP contribution in [0.25, 0.3) is 0 Å². The van der Waals surface area contributed by atoms with Crippen LogP contribution in [0.3, 0.4) is 0 Å². The van der Waals surface area contributed by atoms with Crippen molar-refractivity contribution in [2.75, 3.05) is 19.6 Å². The topological polar surface area (TPSA) is 58.2 Å². The summed E-state index contributed by atoms with van der Waals surface area (Å²) in [5.74, 6) is 0.719. The Kier molecular flexibility index (Phi) is 7.40. The molecule has 0 saturated carbocycles. The van der Waals surface area contributed by atoms with E-state index in [4.69, 9.17) is 0 Å². The van der Waals surface area contributed by atoms with E-state index in [9.17, 15) is 9.59 Å². The summed E-state index contributed by atoms with van der Waals surface area (Å²) >= 11 is 0. The maximum Gasteiger partial charge on any atom is 0.251 e. The molecule has 116 valence electrons. The molecular weight excluding hydrogens is 288 g/mol. The van der Waals surface area contributed by atoms with Gasteiger partial charge in [0.2, 0.25) is 0 Å². The number of carbonyl (C=O) groups is 2. The van der Waals surface area contributed by atoms with Crippen LogP contribution >= 0.6 is 12.4 Å². The predicted octanol–water partition coefficient (Wildman–Crippen LogP) is 2.43. The average Bonchev–Trinajstić information content (AvgIpc) is 2.99. The fourth-order valence-corrected chi connectivity index (χ4v) is 2.46. The van der Waals surface area contributed by atoms with E-state index >= 15 is 0 Å². The first-order valence-corrected chi connectivity index (χ1v) is 7.33. The van der Waals surface area contributed by atoms with Gasteiger partial charge in [0.05, 0.1) is 0 Å². The van der Waals surface area contributed by atoms with Crippen molar-refractivity contribution in [1.29, 1.82) is 0 Å². The molecule has 2 rings (SSSR count). The fraction of sp³-hybridized carbons (Fsp3) is 0.500. The summed E-state index contributed by atoms with van der Waals surface area (Å²) in [5, 5.41) is 6.26. The number of carbonyl (C=O) groups excluding carboxylic acids is 2. The van der Waals surface area contributed by atoms with Gasteiger partial charge in [-0.3, -0.25) is 9.59 Å². The van der Waals surface area contributed by atoms with E-state index in [-0.39, 0.29) is 24.1 Å². The first-order chi connectivity index (χ1) is 9.70. The number of amides is 1. The minimum Gasteiger partial charge on any atom is -0.352 e. The molecule has 1 saturated heterocycles. The summed E-state index contributed by atoms with van der Waals surface area (Å²) in [5.41, 5.74) is 1.28. The van der Waals surface area contributed by atoms with Crippen molar-refractivity contribution >= 4 is 24.1 Å². The van der Waals surface area contributed by atoms with Crippen molar-refractivity contribution in [1.82, 2.24) is 10.6 Å². The number of benzene rings is 1. The molecule has 1 aliphatic heterocycles. The number of Topliss-reactive ketones (excluding diaryl/α,β-unsaturated/α-hetero) is 1. The van der Waals surface area contributed by atoms with Crippen molar-refractivity contribution in [3.63, 3.8) is 0 Å². The van der Waals surface area contributed by atoms with Gasteiger partial charge in [0.25, 0.3) is 5.91 Å². The zero-order chi connectivity index (χ0) is 14.4. The Morgan fingerprint density at radius 1 is 1.24 bits per heavy atom. The van der Waals surface area contributed by atoms with E-state index in [1.165, 1.54) is 6.42 Å². The predicted molar refractivity (Wildman–Crippen MR) is 86.2 cm³/mol. The lowest BCUT2D eigenvalue weighted by atomic mass is 10.0. The first-order valence-electron chi connectivity index (χ1n) is 7.33. The molecule has 1 aliphatic rings. The Balaban J connectivity index is 0.00000220. The van der Waals surface area contributed by atoms with Crippen LogP contribution in [0.15, 0.2) is 24.3 Å². The number of hydrogen-bond donors (Lipinski definition) is 2. The lowest BCUT2D eigenvalue weighted by molar-refractivity contribution is 0.0948. The minimum absolute atomic E-state index is 0. The third-order valence-corrected chi connectivity index (χ3v) is 3.79. The number of hydrogen-bond acceptors (Lipinski definition) is 3. The molecule has 1 aromatic carbocycles. The standard InChI is InChI=1S/C16H22N2O2.ClH/c1-2-15(19)13-3-5-14(6-4-13)16(20)18-10-8-12-7-9-17-11-12;/h3-6,12,17H,2,7-11H2,1H3,(H,18,20);1H. The monoisotopic (exact) mass is 310 g/mol. The highest BCUT2D eigenvalue weighted by Crippen LogP contribution is 2.11. The molecule has 0 radical (unpaired) electrons. The molecule has 2 N–H and O–H groups in total. The fourth-order valence-electron chi connectivity index (χ4n) is 2.46. The first kappa shape index (κ1) is 17.7. The molecule has 5 heteroatoms. The quantitative estimate of drug-likeness (QED) is 0.793. The van der Waals surface area contributed by atoms with E-state index < -0.39 is 0 Å². The summed E-state index contributed by atoms with van der Waals surface area (Å²) in [6.45, 7) is 4.69. The van der Waals surface area contributed by atoms with Crippen molar-refractivity contribution in [3.8, 4) is 0 Å². The van der Waals surface area contributed by atoms with Crippen molar-refractivity contribution in [2.24, 2.45) is 5.92 Å². The molecule has 21 heavy (non-hydrogen) atoms. The van der Waals surface area contributed by atoms with Gasteiger partial charge in [-0.25, -0.2) is 0 Å². The molecule has 1 amide bonds. The largest absolute Gasteiger partial charge is 0.352 e. The van der Waals surface area contributed by atoms with E-state index in [1.807, 2.05) is 6.92 Å². The van der Waals surface area contributed by atoms with E-state index in [1.54, 1.807) is 24.3 Å². The Bertz CT molecular complexity index is 468. The molecule has 0 aromatic heterocycles. The SMILES string of the molecule is CCC(=O)c1ccc(C(=O)NCCC2CCNC2)cc1.Cl. The maximum absolute atomic E-state index is 12.0. The van der Waals surface area contributed by atoms with Crippen LogP contribution in [-0.2, 0) is 0 Å². The Morgan fingerprint density at radius 3 is 2.48 bits per heavy atom. The number of ketones is 1. The van der Waals surface area contributed by atoms with Crippen LogP contribution in [-0.4, -0.2) is 31.3 Å². The van der Waals surface area contributed by atoms with Gasteiger partial charge in [-0.2, -0.15) is 0 Å². The molecule has 1 unspecified atom stereocenters. The van der Waals surface area contributed by atoms with Crippen LogP contribution in [0.1, 0.15) is 46.9 Å². The zero-order valence-corrected chi connectivity index (χ0v) is 13.2. The summed E-state index contributed by atoms with van der Waals surface area (Å²) in [4.78, 5) is 23.5. The molecule has 1 fully saturated rings. The molecule has 0 spiro atoms. The molecule has 1 aromatic rings. The Morgan fingerprint density at radius 2 is 1.90 bits per heavy atom. The summed E-state index contributed by atoms with van der Waals surface area (Å²) in [6.07, 6.45) is 2.70. The Hall–Kier alpha value is -1.39. The van der Waals surface area contributed by atoms with Gasteiger partial charge >= 0.3 is 0 Å². The average molecular weight is 311 g/mol. The molecule has 0 bridgehead atoms. The van der Waals surface area contributed by atoms with Crippen LogP contribution in [0.4, 0.5) is 0 Å². The van der Waals surface area contributed by atoms with Gasteiger partial charge in [-0.05, 0) is 44.0 Å². The van der Waals surface area contributed by atoms with Crippen LogP contribution in [0.5, 0.6) is 0 Å². The van der Waals surface area contributed by atoms with Crippen molar-refractivity contribution < 1.29 is 9.59 Å². The number of halogens is 1. The zero-order valence-electron chi connectivity index (χ0n) is 12.4. The van der Waals surface area contributed by atoms with Gasteiger partial charge in [-0.15, -0.1) is 12.4 Å².